The summed E-state index contributed by atoms with van der Waals surface area (Å²) in [5.41, 5.74) is 4.34. The molecule has 3 aromatic carbocycles. The van der Waals surface area contributed by atoms with Crippen molar-refractivity contribution >= 4 is 48.9 Å². The Kier molecular flexibility index (Phi) is 7.24. The third kappa shape index (κ3) is 6.02. The summed E-state index contributed by atoms with van der Waals surface area (Å²) >= 11 is 3.26. The molecule has 3 aromatic rings. The van der Waals surface area contributed by atoms with E-state index in [0.29, 0.717) is 22.5 Å². The number of anilines is 1. The van der Waals surface area contributed by atoms with E-state index in [1.807, 2.05) is 0 Å². The van der Waals surface area contributed by atoms with Crippen molar-refractivity contribution in [1.29, 1.82) is 0 Å². The third-order valence-electron chi connectivity index (χ3n) is 4.67. The number of hydrazone groups is 1. The van der Waals surface area contributed by atoms with Crippen molar-refractivity contribution in [3.8, 4) is 0 Å². The molecule has 0 saturated heterocycles. The maximum Gasteiger partial charge on any atom is 0.272 e. The molecule has 0 bridgehead atoms. The van der Waals surface area contributed by atoms with Gasteiger partial charge in [0.15, 0.2) is 0 Å². The number of sulfonamides is 1. The fourth-order valence-electron chi connectivity index (χ4n) is 2.81. The molecule has 0 fully saturated rings. The summed E-state index contributed by atoms with van der Waals surface area (Å²) in [5.74, 6) is -0.515. The van der Waals surface area contributed by atoms with Crippen molar-refractivity contribution in [3.63, 3.8) is 0 Å². The normalized spacial score (nSPS) is 11.7. The Bertz CT molecular complexity index is 1340. The number of aryl methyl sites for hydroxylation is 1. The number of carbonyl (C=O) groups excluding carboxylic acids is 1. The summed E-state index contributed by atoms with van der Waals surface area (Å²) in [6, 6.07) is 16.7. The van der Waals surface area contributed by atoms with Crippen molar-refractivity contribution < 1.29 is 18.1 Å². The summed E-state index contributed by atoms with van der Waals surface area (Å²) < 4.78 is 28.1. The van der Waals surface area contributed by atoms with Crippen molar-refractivity contribution in [3.05, 3.63) is 98.0 Å². The SMILES string of the molecule is C/C(=N/NC(=O)c1ccc(NS(=O)(=O)c2ccc(Br)cc2)cc1)c1ccc(C)c([N+](=O)[O-])c1. The number of nitrogens with zero attached hydrogens (tertiary/aromatic N) is 2. The molecule has 3 rings (SSSR count). The van der Waals surface area contributed by atoms with E-state index in [9.17, 15) is 23.3 Å². The highest BCUT2D eigenvalue weighted by atomic mass is 79.9. The van der Waals surface area contributed by atoms with E-state index in [1.165, 1.54) is 42.5 Å². The largest absolute Gasteiger partial charge is 0.280 e. The molecule has 0 spiro atoms. The number of nitro groups is 1. The van der Waals surface area contributed by atoms with Gasteiger partial charge in [0.05, 0.1) is 15.5 Å². The highest BCUT2D eigenvalue weighted by molar-refractivity contribution is 9.10. The molecule has 9 nitrogen and oxygen atoms in total. The molecule has 0 saturated carbocycles. The van der Waals surface area contributed by atoms with E-state index in [2.05, 4.69) is 31.2 Å². The molecule has 0 heterocycles. The van der Waals surface area contributed by atoms with E-state index in [-0.39, 0.29) is 16.1 Å². The lowest BCUT2D eigenvalue weighted by molar-refractivity contribution is -0.385. The lowest BCUT2D eigenvalue weighted by atomic mass is 10.1. The fourth-order valence-corrected chi connectivity index (χ4v) is 4.14. The third-order valence-corrected chi connectivity index (χ3v) is 6.60. The number of nitrogens with one attached hydrogen (secondary N) is 2. The Balaban J connectivity index is 1.68. The zero-order valence-corrected chi connectivity index (χ0v) is 20.0. The summed E-state index contributed by atoms with van der Waals surface area (Å²) in [4.78, 5) is 23.1. The Morgan fingerprint density at radius 3 is 2.21 bits per heavy atom. The molecule has 0 aliphatic carbocycles. The Hall–Kier alpha value is -3.57. The Labute approximate surface area is 198 Å². The first kappa shape index (κ1) is 24.1. The second-order valence-electron chi connectivity index (χ2n) is 7.03. The number of carbonyl (C=O) groups is 1. The van der Waals surface area contributed by atoms with Crippen LogP contribution in [0, 0.1) is 17.0 Å². The lowest BCUT2D eigenvalue weighted by Gasteiger charge is -2.09. The van der Waals surface area contributed by atoms with Gasteiger partial charge in [-0.1, -0.05) is 28.1 Å². The van der Waals surface area contributed by atoms with Crippen LogP contribution in [0.1, 0.15) is 28.4 Å². The van der Waals surface area contributed by atoms with Crippen molar-refractivity contribution in [1.82, 2.24) is 5.43 Å². The Morgan fingerprint density at radius 2 is 1.61 bits per heavy atom. The average Bonchev–Trinajstić information content (AvgIpc) is 2.78. The number of nitro benzene ring substituents is 1. The number of hydrogen-bond acceptors (Lipinski definition) is 6. The van der Waals surface area contributed by atoms with Gasteiger partial charge in [-0.3, -0.25) is 19.6 Å². The van der Waals surface area contributed by atoms with Gasteiger partial charge in [0.2, 0.25) is 0 Å². The summed E-state index contributed by atoms with van der Waals surface area (Å²) in [5, 5.41) is 15.1. The minimum absolute atomic E-state index is 0.0328. The second-order valence-corrected chi connectivity index (χ2v) is 9.63. The molecule has 170 valence electrons. The van der Waals surface area contributed by atoms with Crippen molar-refractivity contribution in [2.45, 2.75) is 18.7 Å². The topological polar surface area (TPSA) is 131 Å². The molecule has 0 atom stereocenters. The molecule has 1 amide bonds. The average molecular weight is 531 g/mol. The molecule has 2 N–H and O–H groups in total. The van der Waals surface area contributed by atoms with Crippen LogP contribution in [-0.4, -0.2) is 25.0 Å². The van der Waals surface area contributed by atoms with E-state index in [4.69, 9.17) is 0 Å². The molecular weight excluding hydrogens is 512 g/mol. The molecule has 0 aliphatic heterocycles. The van der Waals surface area contributed by atoms with Crippen LogP contribution in [-0.2, 0) is 10.0 Å². The number of halogens is 1. The minimum atomic E-state index is -3.77. The van der Waals surface area contributed by atoms with Gasteiger partial charge in [-0.2, -0.15) is 5.10 Å². The zero-order valence-electron chi connectivity index (χ0n) is 17.6. The number of amides is 1. The molecule has 33 heavy (non-hydrogen) atoms. The van der Waals surface area contributed by atoms with Gasteiger partial charge in [0.25, 0.3) is 21.6 Å². The fraction of sp³-hybridized carbons (Fsp3) is 0.0909. The van der Waals surface area contributed by atoms with E-state index in [1.54, 1.807) is 38.1 Å². The van der Waals surface area contributed by atoms with Crippen LogP contribution in [0.15, 0.2) is 81.2 Å². The van der Waals surface area contributed by atoms with E-state index in [0.717, 1.165) is 4.47 Å². The lowest BCUT2D eigenvalue weighted by Crippen LogP contribution is -2.19. The Morgan fingerprint density at radius 1 is 1.00 bits per heavy atom. The van der Waals surface area contributed by atoms with Crippen LogP contribution in [0.2, 0.25) is 0 Å². The summed E-state index contributed by atoms with van der Waals surface area (Å²) in [6.45, 7) is 3.26. The minimum Gasteiger partial charge on any atom is -0.280 e. The quantitative estimate of drug-likeness (QED) is 0.261. The predicted octanol–water partition coefficient (Wildman–Crippen LogP) is 4.62. The maximum atomic E-state index is 12.5. The monoisotopic (exact) mass is 530 g/mol. The van der Waals surface area contributed by atoms with Gasteiger partial charge < -0.3 is 0 Å². The standard InChI is InChI=1S/C22H19BrN4O5S/c1-14-3-4-17(13-21(14)27(29)30)15(2)24-25-22(28)16-5-9-19(10-6-16)26-33(31,32)20-11-7-18(23)8-12-20/h3-13,26H,1-2H3,(H,25,28)/b24-15-. The van der Waals surface area contributed by atoms with Crippen LogP contribution in [0.4, 0.5) is 11.4 Å². The van der Waals surface area contributed by atoms with Crippen molar-refractivity contribution in [2.75, 3.05) is 4.72 Å². The number of rotatable bonds is 7. The van der Waals surface area contributed by atoms with E-state index < -0.39 is 20.9 Å². The van der Waals surface area contributed by atoms with Crippen molar-refractivity contribution in [2.24, 2.45) is 5.10 Å². The van der Waals surface area contributed by atoms with Gasteiger partial charge >= 0.3 is 0 Å². The summed E-state index contributed by atoms with van der Waals surface area (Å²) in [7, 11) is -3.77. The highest BCUT2D eigenvalue weighted by Crippen LogP contribution is 2.20. The number of benzene rings is 3. The molecule has 0 aliphatic rings. The zero-order chi connectivity index (χ0) is 24.2. The van der Waals surface area contributed by atoms with Gasteiger partial charge in [-0.25, -0.2) is 13.8 Å². The summed E-state index contributed by atoms with van der Waals surface area (Å²) in [6.07, 6.45) is 0. The van der Waals surface area contributed by atoms with Crippen LogP contribution in [0.25, 0.3) is 0 Å². The predicted molar refractivity (Wildman–Crippen MR) is 129 cm³/mol. The molecular formula is C22H19BrN4O5S. The molecule has 0 radical (unpaired) electrons. The van der Waals surface area contributed by atoms with Gasteiger partial charge in [0.1, 0.15) is 0 Å². The van der Waals surface area contributed by atoms with Gasteiger partial charge in [-0.15, -0.1) is 0 Å². The first-order valence-corrected chi connectivity index (χ1v) is 11.8. The molecule has 0 unspecified atom stereocenters. The number of hydrogen-bond donors (Lipinski definition) is 2. The molecule has 11 heteroatoms. The molecule has 0 aromatic heterocycles. The van der Waals surface area contributed by atoms with Gasteiger partial charge in [-0.05, 0) is 62.4 Å². The first-order chi connectivity index (χ1) is 15.6. The van der Waals surface area contributed by atoms with E-state index >= 15 is 0 Å². The van der Waals surface area contributed by atoms with Crippen LogP contribution in [0.3, 0.4) is 0 Å². The smallest absolute Gasteiger partial charge is 0.272 e. The van der Waals surface area contributed by atoms with Crippen LogP contribution < -0.4 is 10.1 Å². The van der Waals surface area contributed by atoms with Gasteiger partial charge in [0, 0.05) is 32.9 Å². The first-order valence-electron chi connectivity index (χ1n) is 9.55. The van der Waals surface area contributed by atoms with Crippen LogP contribution >= 0.6 is 15.9 Å². The maximum absolute atomic E-state index is 12.5. The highest BCUT2D eigenvalue weighted by Gasteiger charge is 2.15. The van der Waals surface area contributed by atoms with Crippen LogP contribution in [0.5, 0.6) is 0 Å². The second kappa shape index (κ2) is 9.92.